The molecule has 3 nitrogen and oxygen atoms in total. The second-order valence-electron chi connectivity index (χ2n) is 2.08. The molecule has 1 atom stereocenters. The van der Waals surface area contributed by atoms with Gasteiger partial charge in [-0.1, -0.05) is 11.8 Å². The Morgan fingerprint density at radius 3 is 3.00 bits per heavy atom. The van der Waals surface area contributed by atoms with Gasteiger partial charge in [-0.2, -0.15) is 0 Å². The summed E-state index contributed by atoms with van der Waals surface area (Å²) < 4.78 is 4.69. The normalized spacial score (nSPS) is 8.75. The summed E-state index contributed by atoms with van der Waals surface area (Å²) in [7, 11) is 2.14. The molecule has 1 unspecified atom stereocenters. The molecule has 0 spiro atoms. The molecule has 4 heteroatoms. The zero-order valence-electron chi connectivity index (χ0n) is 6.45. The van der Waals surface area contributed by atoms with Gasteiger partial charge in [-0.25, -0.2) is 4.98 Å². The Balaban J connectivity index is 2.66. The van der Waals surface area contributed by atoms with Crippen LogP contribution in [0.15, 0.2) is 18.3 Å². The molecular weight excluding hydrogens is 171 g/mol. The summed E-state index contributed by atoms with van der Waals surface area (Å²) >= 11 is 0. The molecule has 0 fully saturated rings. The van der Waals surface area contributed by atoms with E-state index in [0.29, 0.717) is 12.4 Å². The molecule has 2 N–H and O–H groups in total. The monoisotopic (exact) mass is 180 g/mol. The molecule has 0 saturated heterocycles. The predicted octanol–water partition coefficient (Wildman–Crippen LogP) is 0.822. The molecule has 1 aromatic rings. The van der Waals surface area contributed by atoms with Gasteiger partial charge in [-0.05, 0) is 12.1 Å². The van der Waals surface area contributed by atoms with Crippen molar-refractivity contribution in [1.82, 2.24) is 4.98 Å². The van der Waals surface area contributed by atoms with Gasteiger partial charge in [0.1, 0.15) is 12.4 Å². The number of hydrogen-bond donors (Lipinski definition) is 1. The van der Waals surface area contributed by atoms with Gasteiger partial charge in [0, 0.05) is 21.2 Å². The fourth-order valence-corrected chi connectivity index (χ4v) is 0.742. The lowest BCUT2D eigenvalue weighted by molar-refractivity contribution is 0.436. The number of nitrogens with two attached hydrogens (primary N) is 1. The molecule has 1 heterocycles. The summed E-state index contributed by atoms with van der Waals surface area (Å²) in [6, 6.07) is 3.53. The molecule has 1 aromatic heterocycles. The number of rotatable bonds is 1. The number of nitrogen functional groups attached to an aromatic ring is 1. The molecule has 0 radical (unpaired) electrons. The van der Waals surface area contributed by atoms with E-state index in [-0.39, 0.29) is 0 Å². The molecule has 1 rings (SSSR count). The van der Waals surface area contributed by atoms with Gasteiger partial charge < -0.3 is 10.3 Å². The van der Waals surface area contributed by atoms with Gasteiger partial charge in [0.2, 0.25) is 0 Å². The van der Waals surface area contributed by atoms with Crippen LogP contribution in [0.1, 0.15) is 5.56 Å². The molecule has 0 bridgehead atoms. The van der Waals surface area contributed by atoms with Gasteiger partial charge >= 0.3 is 0 Å². The summed E-state index contributed by atoms with van der Waals surface area (Å²) in [6.45, 7) is 0.398. The van der Waals surface area contributed by atoms with Crippen LogP contribution in [0.3, 0.4) is 0 Å². The SMILES string of the molecule is Nc1ccc(C#CCOP)cn1. The Morgan fingerprint density at radius 2 is 2.42 bits per heavy atom. The molecule has 0 aromatic carbocycles. The van der Waals surface area contributed by atoms with Crippen molar-refractivity contribution in [3.05, 3.63) is 23.9 Å². The minimum atomic E-state index is 0.398. The Morgan fingerprint density at radius 1 is 1.58 bits per heavy atom. The quantitative estimate of drug-likeness (QED) is 0.514. The van der Waals surface area contributed by atoms with Crippen molar-refractivity contribution >= 4 is 15.3 Å². The number of anilines is 1. The third kappa shape index (κ3) is 2.87. The maximum Gasteiger partial charge on any atom is 0.123 e. The number of hydrogen-bond acceptors (Lipinski definition) is 3. The third-order valence-electron chi connectivity index (χ3n) is 1.17. The highest BCUT2D eigenvalue weighted by Crippen LogP contribution is 1.98. The zero-order valence-corrected chi connectivity index (χ0v) is 7.60. The van der Waals surface area contributed by atoms with Crippen LogP contribution >= 0.6 is 9.47 Å². The van der Waals surface area contributed by atoms with Gasteiger partial charge in [-0.15, -0.1) is 0 Å². The van der Waals surface area contributed by atoms with E-state index in [4.69, 9.17) is 5.73 Å². The van der Waals surface area contributed by atoms with Gasteiger partial charge in [0.15, 0.2) is 0 Å². The van der Waals surface area contributed by atoms with Crippen molar-refractivity contribution < 1.29 is 4.52 Å². The highest BCUT2D eigenvalue weighted by molar-refractivity contribution is 7.09. The van der Waals surface area contributed by atoms with Crippen LogP contribution in [0.2, 0.25) is 0 Å². The van der Waals surface area contributed by atoms with E-state index in [1.807, 2.05) is 6.07 Å². The highest BCUT2D eigenvalue weighted by Gasteiger charge is 1.86. The Hall–Kier alpha value is -1.10. The van der Waals surface area contributed by atoms with E-state index >= 15 is 0 Å². The topological polar surface area (TPSA) is 48.1 Å². The van der Waals surface area contributed by atoms with Crippen LogP contribution in [0.4, 0.5) is 5.82 Å². The van der Waals surface area contributed by atoms with E-state index in [0.717, 1.165) is 5.56 Å². The van der Waals surface area contributed by atoms with Gasteiger partial charge in [-0.3, -0.25) is 0 Å². The van der Waals surface area contributed by atoms with Crippen LogP contribution in [0.25, 0.3) is 0 Å². The first kappa shape index (κ1) is 8.99. The first-order valence-electron chi connectivity index (χ1n) is 3.35. The second kappa shape index (κ2) is 4.71. The largest absolute Gasteiger partial charge is 0.384 e. The summed E-state index contributed by atoms with van der Waals surface area (Å²) in [5, 5.41) is 0. The van der Waals surface area contributed by atoms with Crippen molar-refractivity contribution in [1.29, 1.82) is 0 Å². The molecule has 62 valence electrons. The number of nitrogens with zero attached hydrogens (tertiary/aromatic N) is 1. The minimum Gasteiger partial charge on any atom is -0.384 e. The van der Waals surface area contributed by atoms with Crippen LogP contribution in [0.5, 0.6) is 0 Å². The predicted molar refractivity (Wildman–Crippen MR) is 51.2 cm³/mol. The van der Waals surface area contributed by atoms with E-state index in [1.54, 1.807) is 12.3 Å². The molecule has 0 saturated carbocycles. The summed E-state index contributed by atoms with van der Waals surface area (Å²) in [5.41, 5.74) is 6.23. The molecule has 0 aliphatic carbocycles. The first-order valence-corrected chi connectivity index (χ1v) is 3.82. The van der Waals surface area contributed by atoms with E-state index in [2.05, 4.69) is 30.8 Å². The van der Waals surface area contributed by atoms with Gasteiger partial charge in [0.05, 0.1) is 0 Å². The summed E-state index contributed by atoms with van der Waals surface area (Å²) in [5.74, 6) is 6.17. The Kier molecular flexibility index (Phi) is 3.53. The zero-order chi connectivity index (χ0) is 8.81. The molecule has 0 aliphatic heterocycles. The van der Waals surface area contributed by atoms with Crippen LogP contribution < -0.4 is 5.73 Å². The van der Waals surface area contributed by atoms with Crippen molar-refractivity contribution in [3.8, 4) is 11.8 Å². The lowest BCUT2D eigenvalue weighted by atomic mass is 10.3. The lowest BCUT2D eigenvalue weighted by Crippen LogP contribution is -1.88. The summed E-state index contributed by atoms with van der Waals surface area (Å²) in [6.07, 6.45) is 1.63. The van der Waals surface area contributed by atoms with E-state index in [1.165, 1.54) is 0 Å². The van der Waals surface area contributed by atoms with Crippen LogP contribution in [-0.4, -0.2) is 11.6 Å². The first-order chi connectivity index (χ1) is 5.83. The molecule has 12 heavy (non-hydrogen) atoms. The number of aromatic nitrogens is 1. The van der Waals surface area contributed by atoms with Crippen LogP contribution in [0, 0.1) is 11.8 Å². The number of pyridine rings is 1. The maximum absolute atomic E-state index is 5.39. The molecular formula is C8H9N2OP. The fraction of sp³-hybridized carbons (Fsp3) is 0.125. The second-order valence-corrected chi connectivity index (χ2v) is 2.42. The van der Waals surface area contributed by atoms with Crippen molar-refractivity contribution in [2.75, 3.05) is 12.3 Å². The maximum atomic E-state index is 5.39. The van der Waals surface area contributed by atoms with E-state index < -0.39 is 0 Å². The average Bonchev–Trinajstić information content (AvgIpc) is 2.09. The molecule has 0 amide bonds. The van der Waals surface area contributed by atoms with Crippen molar-refractivity contribution in [2.45, 2.75) is 0 Å². The Labute approximate surface area is 73.6 Å². The smallest absolute Gasteiger partial charge is 0.123 e. The minimum absolute atomic E-state index is 0.398. The lowest BCUT2D eigenvalue weighted by Gasteiger charge is -1.90. The van der Waals surface area contributed by atoms with Gasteiger partial charge in [0.25, 0.3) is 0 Å². The Bertz CT molecular complexity index is 299. The standard InChI is InChI=1S/C8H9N2OP/c9-8-4-3-7(6-10-8)2-1-5-11-12/h3-4,6H,5,12H2,(H2,9,10). The van der Waals surface area contributed by atoms with E-state index in [9.17, 15) is 0 Å². The van der Waals surface area contributed by atoms with Crippen molar-refractivity contribution in [2.24, 2.45) is 0 Å². The fourth-order valence-electron chi connectivity index (χ4n) is 0.659. The average molecular weight is 180 g/mol. The summed E-state index contributed by atoms with van der Waals surface area (Å²) in [4.78, 5) is 3.89. The molecule has 0 aliphatic rings. The highest BCUT2D eigenvalue weighted by atomic mass is 31.0. The van der Waals surface area contributed by atoms with Crippen LogP contribution in [-0.2, 0) is 4.52 Å². The van der Waals surface area contributed by atoms with Crippen molar-refractivity contribution in [3.63, 3.8) is 0 Å². The third-order valence-corrected chi connectivity index (χ3v) is 1.34.